The molecule has 12 aromatic carbocycles. The minimum absolute atomic E-state index is 0.584. The van der Waals surface area contributed by atoms with Crippen molar-refractivity contribution in [1.29, 1.82) is 0 Å². The number of hydrogen-bond donors (Lipinski definition) is 0. The van der Waals surface area contributed by atoms with Gasteiger partial charge in [0.15, 0.2) is 11.5 Å². The maximum atomic E-state index is 5.58. The summed E-state index contributed by atoms with van der Waals surface area (Å²) in [7, 11) is 6.51. The van der Waals surface area contributed by atoms with Crippen LogP contribution in [0.25, 0.3) is 133 Å². The number of methoxy groups -OCH3 is 4. The molecular weight excluding hydrogens is 1430 g/mol. The van der Waals surface area contributed by atoms with Crippen LogP contribution < -0.4 is 18.9 Å². The van der Waals surface area contributed by atoms with Gasteiger partial charge in [-0.05, 0) is 190 Å². The Morgan fingerprint density at radius 2 is 0.539 bits per heavy atom. The standard InChI is InChI=1S/C25H20N4O.2C24H18N4.C24H22N2O3/c1-30-25-16-20(11-12-24(25)28-14-13-26-17-28)10-9-19-5-4-6-21(15-19)29-18-27-22-7-2-3-8-23(22)29;1-2-10-24-23(9-1)26-18-28(24)22-8-4-6-20(16-22)12-11-19-5-3-7-21(15-19)27-14-13-25-17-27;1-2-7-24-23(6-1)26-18-28(24)22-5-3-4-20(16-22)9-8-19-10-12-21(13-11-19)27-15-14-25-17-27;1-27-22-14-18(15-23(28-2)24(22)29-3)12-11-17-7-6-8-19(13-17)26-16-25-20-9-4-5-10-21(20)26/h2-18H,1H3;2*1-18H;4-16H,1-3H3/b10-9+;12-11+;9-8+;12-11+. The summed E-state index contributed by atoms with van der Waals surface area (Å²) in [5, 5.41) is 0. The Hall–Kier alpha value is -15.7. The number of fused-ring (bicyclic) bond motifs is 4. The zero-order valence-corrected chi connectivity index (χ0v) is 63.5. The van der Waals surface area contributed by atoms with E-state index in [0.717, 1.165) is 134 Å². The van der Waals surface area contributed by atoms with E-state index in [2.05, 4.69) is 266 Å². The molecule has 19 rings (SSSR count). The van der Waals surface area contributed by atoms with Gasteiger partial charge in [0.05, 0.1) is 97.2 Å². The SMILES string of the molecule is C(=C\c1cccc(-n2cnc3ccccc32)c1)/c1ccc(-n2ccnc2)cc1.C(=C\c1cccc(-n2cnc3ccccc32)c1)/c1cccc(-n2ccnc2)c1.COc1cc(/C=C/c2cccc(-n3cnc4ccccc43)c2)cc(OC)c1OC.COc1cc(/C=C/c2cccc(-n3cnc4ccccc43)c2)ccc1-n1ccnc1. The van der Waals surface area contributed by atoms with Crippen LogP contribution in [0.2, 0.25) is 0 Å². The van der Waals surface area contributed by atoms with Crippen molar-refractivity contribution >= 4 is 92.7 Å². The van der Waals surface area contributed by atoms with Crippen molar-refractivity contribution in [3.05, 3.63) is 399 Å². The van der Waals surface area contributed by atoms with E-state index in [0.29, 0.717) is 17.2 Å². The van der Waals surface area contributed by atoms with Gasteiger partial charge >= 0.3 is 0 Å². The van der Waals surface area contributed by atoms with Crippen molar-refractivity contribution in [2.45, 2.75) is 0 Å². The van der Waals surface area contributed by atoms with E-state index in [1.54, 1.807) is 59.7 Å². The Balaban J connectivity index is 0.000000115. The number of imidazole rings is 7. The van der Waals surface area contributed by atoms with Gasteiger partial charge in [-0.15, -0.1) is 0 Å². The summed E-state index contributed by atoms with van der Waals surface area (Å²) >= 11 is 0. The van der Waals surface area contributed by atoms with Gasteiger partial charge < -0.3 is 32.6 Å². The molecule has 18 nitrogen and oxygen atoms in total. The first-order valence-corrected chi connectivity index (χ1v) is 37.2. The molecule has 0 aliphatic rings. The highest BCUT2D eigenvalue weighted by molar-refractivity contribution is 5.83. The van der Waals surface area contributed by atoms with Gasteiger partial charge in [0.25, 0.3) is 0 Å². The summed E-state index contributed by atoms with van der Waals surface area (Å²) in [5.74, 6) is 2.64. The molecule has 18 heteroatoms. The lowest BCUT2D eigenvalue weighted by Crippen LogP contribution is -1.95. The number of benzene rings is 12. The van der Waals surface area contributed by atoms with E-state index in [1.165, 1.54) is 0 Å². The maximum absolute atomic E-state index is 5.58. The van der Waals surface area contributed by atoms with Gasteiger partial charge in [-0.3, -0.25) is 18.3 Å². The monoisotopic (exact) mass is 1500 g/mol. The van der Waals surface area contributed by atoms with Crippen LogP contribution in [-0.2, 0) is 0 Å². The van der Waals surface area contributed by atoms with E-state index in [9.17, 15) is 0 Å². The first kappa shape index (κ1) is 73.5. The summed E-state index contributed by atoms with van der Waals surface area (Å²) < 4.78 is 36.2. The van der Waals surface area contributed by atoms with Crippen LogP contribution in [0.15, 0.2) is 354 Å². The topological polar surface area (TPSA) is 162 Å². The van der Waals surface area contributed by atoms with Gasteiger partial charge in [-0.25, -0.2) is 34.9 Å². The summed E-state index contributed by atoms with van der Waals surface area (Å²) in [6.07, 6.45) is 40.8. The van der Waals surface area contributed by atoms with E-state index < -0.39 is 0 Å². The van der Waals surface area contributed by atoms with E-state index in [-0.39, 0.29) is 0 Å². The molecule has 0 unspecified atom stereocenters. The molecule has 560 valence electrons. The molecule has 0 N–H and O–H groups in total. The van der Waals surface area contributed by atoms with Crippen LogP contribution in [0, 0.1) is 0 Å². The van der Waals surface area contributed by atoms with E-state index >= 15 is 0 Å². The average Bonchev–Trinajstić information content (AvgIpc) is 1.78. The highest BCUT2D eigenvalue weighted by Gasteiger charge is 2.14. The van der Waals surface area contributed by atoms with Crippen molar-refractivity contribution in [3.8, 4) is 62.8 Å². The number of rotatable bonds is 19. The molecule has 0 spiro atoms. The predicted octanol–water partition coefficient (Wildman–Crippen LogP) is 21.4. The maximum Gasteiger partial charge on any atom is 0.203 e. The largest absolute Gasteiger partial charge is 0.495 e. The van der Waals surface area contributed by atoms with Gasteiger partial charge in [0.2, 0.25) is 5.75 Å². The van der Waals surface area contributed by atoms with Crippen LogP contribution in [0.4, 0.5) is 0 Å². The van der Waals surface area contributed by atoms with Crippen molar-refractivity contribution in [1.82, 2.24) is 66.9 Å². The third-order valence-electron chi connectivity index (χ3n) is 19.3. The van der Waals surface area contributed by atoms with Crippen molar-refractivity contribution in [3.63, 3.8) is 0 Å². The lowest BCUT2D eigenvalue weighted by atomic mass is 10.1. The molecule has 0 saturated heterocycles. The highest BCUT2D eigenvalue weighted by atomic mass is 16.5. The minimum Gasteiger partial charge on any atom is -0.495 e. The summed E-state index contributed by atoms with van der Waals surface area (Å²) in [6, 6.07) is 93.0. The van der Waals surface area contributed by atoms with Crippen LogP contribution in [-0.4, -0.2) is 95.3 Å². The van der Waals surface area contributed by atoms with Gasteiger partial charge in [0, 0.05) is 71.3 Å². The van der Waals surface area contributed by atoms with Crippen LogP contribution in [0.5, 0.6) is 23.0 Å². The van der Waals surface area contributed by atoms with Crippen molar-refractivity contribution in [2.75, 3.05) is 28.4 Å². The molecule has 0 radical (unpaired) electrons. The zero-order valence-electron chi connectivity index (χ0n) is 63.5. The van der Waals surface area contributed by atoms with Crippen LogP contribution >= 0.6 is 0 Å². The molecule has 7 heterocycles. The second-order valence-corrected chi connectivity index (χ2v) is 26.6. The fourth-order valence-corrected chi connectivity index (χ4v) is 13.5. The zero-order chi connectivity index (χ0) is 78.1. The fraction of sp³-hybridized carbons (Fsp3) is 0.0412. The normalized spacial score (nSPS) is 11.3. The molecule has 115 heavy (non-hydrogen) atoms. The third kappa shape index (κ3) is 17.2. The second-order valence-electron chi connectivity index (χ2n) is 26.6. The molecule has 0 fully saturated rings. The molecule has 0 atom stereocenters. The van der Waals surface area contributed by atoms with Gasteiger partial charge in [-0.1, -0.05) is 176 Å². The number of para-hydroxylation sites is 8. The molecule has 0 aliphatic heterocycles. The first-order chi connectivity index (χ1) is 56.8. The molecular formula is C97H78N14O4. The Morgan fingerprint density at radius 1 is 0.235 bits per heavy atom. The number of hydrogen-bond acceptors (Lipinski definition) is 11. The summed E-state index contributed by atoms with van der Waals surface area (Å²) in [5.41, 5.74) is 24.7. The lowest BCUT2D eigenvalue weighted by molar-refractivity contribution is 0.324. The molecule has 19 aromatic rings. The number of aromatic nitrogens is 14. The van der Waals surface area contributed by atoms with Crippen molar-refractivity contribution in [2.24, 2.45) is 0 Å². The summed E-state index contributed by atoms with van der Waals surface area (Å²) in [4.78, 5) is 30.3. The fourth-order valence-electron chi connectivity index (χ4n) is 13.5. The molecule has 7 aromatic heterocycles. The van der Waals surface area contributed by atoms with Gasteiger partial charge in [-0.2, -0.15) is 0 Å². The first-order valence-electron chi connectivity index (χ1n) is 37.2. The smallest absolute Gasteiger partial charge is 0.203 e. The molecule has 0 aliphatic carbocycles. The Labute approximate surface area is 665 Å². The van der Waals surface area contributed by atoms with Crippen molar-refractivity contribution < 1.29 is 18.9 Å². The quantitative estimate of drug-likeness (QED) is 0.0708. The molecule has 0 bridgehead atoms. The van der Waals surface area contributed by atoms with Gasteiger partial charge in [0.1, 0.15) is 31.1 Å². The summed E-state index contributed by atoms with van der Waals surface area (Å²) in [6.45, 7) is 0. The Bertz CT molecular complexity index is 6600. The highest BCUT2D eigenvalue weighted by Crippen LogP contribution is 2.39. The second kappa shape index (κ2) is 34.9. The predicted molar refractivity (Wildman–Crippen MR) is 463 cm³/mol. The van der Waals surface area contributed by atoms with E-state index in [1.807, 2.05) is 173 Å². The van der Waals surface area contributed by atoms with Crippen LogP contribution in [0.1, 0.15) is 44.5 Å². The molecule has 0 amide bonds. The number of nitrogens with zero attached hydrogens (tertiary/aromatic N) is 14. The third-order valence-corrected chi connectivity index (χ3v) is 19.3. The van der Waals surface area contributed by atoms with E-state index in [4.69, 9.17) is 18.9 Å². The Morgan fingerprint density at radius 3 is 0.896 bits per heavy atom. The Kier molecular flexibility index (Phi) is 22.3. The lowest BCUT2D eigenvalue weighted by Gasteiger charge is -2.12. The molecule has 0 saturated carbocycles. The van der Waals surface area contributed by atoms with Crippen LogP contribution in [0.3, 0.4) is 0 Å². The number of ether oxygens (including phenoxy) is 4. The minimum atomic E-state index is 0.584. The average molecular weight is 1500 g/mol.